The first-order valence-corrected chi connectivity index (χ1v) is 5.92. The summed E-state index contributed by atoms with van der Waals surface area (Å²) in [6.45, 7) is 3.57. The summed E-state index contributed by atoms with van der Waals surface area (Å²) in [7, 11) is 1.52. The second kappa shape index (κ2) is 4.46. The second-order valence-electron chi connectivity index (χ2n) is 4.92. The van der Waals surface area contributed by atoms with Crippen LogP contribution in [-0.4, -0.2) is 31.0 Å². The fourth-order valence-electron chi connectivity index (χ4n) is 2.12. The largest absolute Gasteiger partial charge is 0.495 e. The maximum Gasteiger partial charge on any atom is 0.251 e. The molecule has 6 heteroatoms. The van der Waals surface area contributed by atoms with Gasteiger partial charge in [-0.2, -0.15) is 0 Å². The average molecular weight is 263 g/mol. The van der Waals surface area contributed by atoms with Crippen LogP contribution in [-0.2, 0) is 9.59 Å². The SMILES string of the molecule is COc1cccc(N2CC(=O)NC(=O)C2(C)C)c1N. The summed E-state index contributed by atoms with van der Waals surface area (Å²) in [6.07, 6.45) is 0. The van der Waals surface area contributed by atoms with Crippen LogP contribution < -0.4 is 20.7 Å². The van der Waals surface area contributed by atoms with E-state index in [1.54, 1.807) is 36.9 Å². The fourth-order valence-corrected chi connectivity index (χ4v) is 2.12. The van der Waals surface area contributed by atoms with Gasteiger partial charge in [0.05, 0.1) is 25.0 Å². The van der Waals surface area contributed by atoms with Gasteiger partial charge in [0, 0.05) is 0 Å². The highest BCUT2D eigenvalue weighted by molar-refractivity contribution is 6.07. The van der Waals surface area contributed by atoms with E-state index in [-0.39, 0.29) is 18.4 Å². The summed E-state index contributed by atoms with van der Waals surface area (Å²) < 4.78 is 5.16. The van der Waals surface area contributed by atoms with Crippen LogP contribution in [0.4, 0.5) is 11.4 Å². The number of carbonyl (C=O) groups excluding carboxylic acids is 2. The van der Waals surface area contributed by atoms with Gasteiger partial charge in [0.25, 0.3) is 5.91 Å². The van der Waals surface area contributed by atoms with E-state index in [0.717, 1.165) is 0 Å². The number of para-hydroxylation sites is 1. The first-order valence-electron chi connectivity index (χ1n) is 5.92. The van der Waals surface area contributed by atoms with Gasteiger partial charge in [-0.3, -0.25) is 14.9 Å². The zero-order valence-electron chi connectivity index (χ0n) is 11.2. The van der Waals surface area contributed by atoms with Crippen LogP contribution in [0.25, 0.3) is 0 Å². The van der Waals surface area contributed by atoms with Crippen LogP contribution in [0.5, 0.6) is 5.75 Å². The quantitative estimate of drug-likeness (QED) is 0.600. The number of methoxy groups -OCH3 is 1. The minimum atomic E-state index is -0.853. The van der Waals surface area contributed by atoms with Crippen LogP contribution >= 0.6 is 0 Å². The lowest BCUT2D eigenvalue weighted by molar-refractivity contribution is -0.135. The summed E-state index contributed by atoms with van der Waals surface area (Å²) in [4.78, 5) is 25.2. The summed E-state index contributed by atoms with van der Waals surface area (Å²) >= 11 is 0. The molecule has 0 atom stereocenters. The number of benzene rings is 1. The molecule has 1 aliphatic heterocycles. The number of carbonyl (C=O) groups is 2. The number of imide groups is 1. The zero-order valence-corrected chi connectivity index (χ0v) is 11.2. The number of nitrogen functional groups attached to an aromatic ring is 1. The lowest BCUT2D eigenvalue weighted by Gasteiger charge is -2.42. The Labute approximate surface area is 111 Å². The third-order valence-electron chi connectivity index (χ3n) is 3.34. The van der Waals surface area contributed by atoms with E-state index in [4.69, 9.17) is 10.5 Å². The Morgan fingerprint density at radius 2 is 2.05 bits per heavy atom. The number of anilines is 2. The van der Waals surface area contributed by atoms with E-state index >= 15 is 0 Å². The predicted molar refractivity (Wildman–Crippen MR) is 72.0 cm³/mol. The van der Waals surface area contributed by atoms with Gasteiger partial charge in [-0.15, -0.1) is 0 Å². The number of ether oxygens (including phenoxy) is 1. The van der Waals surface area contributed by atoms with Crippen LogP contribution in [0.15, 0.2) is 18.2 Å². The average Bonchev–Trinajstić information content (AvgIpc) is 2.35. The van der Waals surface area contributed by atoms with Crippen molar-refractivity contribution < 1.29 is 14.3 Å². The molecule has 1 aliphatic rings. The Hall–Kier alpha value is -2.24. The zero-order chi connectivity index (χ0) is 14.2. The second-order valence-corrected chi connectivity index (χ2v) is 4.92. The molecule has 1 fully saturated rings. The number of hydrogen-bond acceptors (Lipinski definition) is 5. The molecule has 1 saturated heterocycles. The van der Waals surface area contributed by atoms with Crippen molar-refractivity contribution in [1.29, 1.82) is 0 Å². The Morgan fingerprint density at radius 3 is 2.68 bits per heavy atom. The molecule has 3 N–H and O–H groups in total. The van der Waals surface area contributed by atoms with Crippen LogP contribution in [0.1, 0.15) is 13.8 Å². The van der Waals surface area contributed by atoms with E-state index in [1.807, 2.05) is 0 Å². The number of hydrogen-bond donors (Lipinski definition) is 2. The Bertz CT molecular complexity index is 540. The minimum absolute atomic E-state index is 0.0795. The molecule has 19 heavy (non-hydrogen) atoms. The highest BCUT2D eigenvalue weighted by Crippen LogP contribution is 2.36. The van der Waals surface area contributed by atoms with Crippen molar-refractivity contribution in [2.45, 2.75) is 19.4 Å². The minimum Gasteiger partial charge on any atom is -0.495 e. The smallest absolute Gasteiger partial charge is 0.251 e. The molecule has 2 rings (SSSR count). The molecular formula is C13H17N3O3. The Kier molecular flexibility index (Phi) is 3.09. The molecule has 6 nitrogen and oxygen atoms in total. The third kappa shape index (κ3) is 2.09. The number of nitrogens with zero attached hydrogens (tertiary/aromatic N) is 1. The number of rotatable bonds is 2. The molecule has 0 aliphatic carbocycles. The number of amides is 2. The van der Waals surface area contributed by atoms with Crippen molar-refractivity contribution in [1.82, 2.24) is 5.32 Å². The molecular weight excluding hydrogens is 246 g/mol. The van der Waals surface area contributed by atoms with Crippen LogP contribution in [0.2, 0.25) is 0 Å². The van der Waals surface area contributed by atoms with Gasteiger partial charge in [0.1, 0.15) is 11.3 Å². The van der Waals surface area contributed by atoms with Crippen molar-refractivity contribution in [3.05, 3.63) is 18.2 Å². The van der Waals surface area contributed by atoms with Crippen molar-refractivity contribution in [2.24, 2.45) is 0 Å². The monoisotopic (exact) mass is 263 g/mol. The summed E-state index contributed by atoms with van der Waals surface area (Å²) in [5.41, 5.74) is 6.21. The van der Waals surface area contributed by atoms with Gasteiger partial charge in [-0.25, -0.2) is 0 Å². The maximum atomic E-state index is 11.9. The molecule has 0 aromatic heterocycles. The lowest BCUT2D eigenvalue weighted by Crippen LogP contribution is -2.64. The molecule has 0 radical (unpaired) electrons. The molecule has 0 spiro atoms. The van der Waals surface area contributed by atoms with Gasteiger partial charge < -0.3 is 15.4 Å². The highest BCUT2D eigenvalue weighted by Gasteiger charge is 2.41. The molecule has 0 unspecified atom stereocenters. The predicted octanol–water partition coefficient (Wildman–Crippen LogP) is 0.519. The van der Waals surface area contributed by atoms with E-state index in [0.29, 0.717) is 17.1 Å². The fraction of sp³-hybridized carbons (Fsp3) is 0.385. The number of nitrogens with one attached hydrogen (secondary N) is 1. The normalized spacial score (nSPS) is 18.2. The molecule has 1 aromatic rings. The number of piperazine rings is 1. The van der Waals surface area contributed by atoms with Crippen molar-refractivity contribution in [2.75, 3.05) is 24.3 Å². The summed E-state index contributed by atoms with van der Waals surface area (Å²) in [5.74, 6) is -0.163. The number of nitrogens with two attached hydrogens (primary N) is 1. The molecule has 0 bridgehead atoms. The molecule has 102 valence electrons. The van der Waals surface area contributed by atoms with Gasteiger partial charge in [-0.1, -0.05) is 6.07 Å². The Balaban J connectivity index is 2.50. The summed E-state index contributed by atoms with van der Waals surface area (Å²) in [5, 5.41) is 2.33. The molecule has 1 aromatic carbocycles. The topological polar surface area (TPSA) is 84.7 Å². The first kappa shape index (κ1) is 13.2. The van der Waals surface area contributed by atoms with Crippen LogP contribution in [0.3, 0.4) is 0 Å². The molecule has 1 heterocycles. The Morgan fingerprint density at radius 1 is 1.37 bits per heavy atom. The van der Waals surface area contributed by atoms with Gasteiger partial charge in [0.15, 0.2) is 0 Å². The highest BCUT2D eigenvalue weighted by atomic mass is 16.5. The lowest BCUT2D eigenvalue weighted by atomic mass is 9.97. The molecule has 0 saturated carbocycles. The van der Waals surface area contributed by atoms with E-state index in [2.05, 4.69) is 5.32 Å². The standard InChI is InChI=1S/C13H17N3O3/c1-13(2)12(18)15-10(17)7-16(13)8-5-4-6-9(19-3)11(8)14/h4-6H,7,14H2,1-3H3,(H,15,17,18). The maximum absolute atomic E-state index is 11.9. The van der Waals surface area contributed by atoms with E-state index in [1.165, 1.54) is 7.11 Å². The third-order valence-corrected chi connectivity index (χ3v) is 3.34. The van der Waals surface area contributed by atoms with Gasteiger partial charge in [0.2, 0.25) is 5.91 Å². The van der Waals surface area contributed by atoms with Crippen molar-refractivity contribution in [3.63, 3.8) is 0 Å². The molecule has 2 amide bonds. The van der Waals surface area contributed by atoms with Crippen molar-refractivity contribution in [3.8, 4) is 5.75 Å². The van der Waals surface area contributed by atoms with Gasteiger partial charge in [-0.05, 0) is 26.0 Å². The van der Waals surface area contributed by atoms with E-state index in [9.17, 15) is 9.59 Å². The summed E-state index contributed by atoms with van der Waals surface area (Å²) in [6, 6.07) is 5.28. The first-order chi connectivity index (χ1) is 8.87. The van der Waals surface area contributed by atoms with E-state index < -0.39 is 5.54 Å². The van der Waals surface area contributed by atoms with Crippen LogP contribution in [0, 0.1) is 0 Å². The van der Waals surface area contributed by atoms with Gasteiger partial charge >= 0.3 is 0 Å². The van der Waals surface area contributed by atoms with Crippen molar-refractivity contribution >= 4 is 23.2 Å².